The Balaban J connectivity index is 2.25. The molecule has 1 aliphatic rings. The zero-order chi connectivity index (χ0) is 19.6. The van der Waals surface area contributed by atoms with E-state index in [9.17, 15) is 31.2 Å². The molecule has 1 unspecified atom stereocenters. The van der Waals surface area contributed by atoms with Gasteiger partial charge in [0, 0.05) is 19.5 Å². The number of rotatable bonds is 5. The SMILES string of the molecule is CCN(C(=O)CN(C(C)=O)c1ccc(F)c(F)c1F)C1CCS(=O)(=O)C1. The summed E-state index contributed by atoms with van der Waals surface area (Å²) in [7, 11) is -3.22. The fourth-order valence-electron chi connectivity index (χ4n) is 2.98. The van der Waals surface area contributed by atoms with E-state index < -0.39 is 57.4 Å². The number of sulfone groups is 1. The van der Waals surface area contributed by atoms with Gasteiger partial charge in [-0.25, -0.2) is 21.6 Å². The number of likely N-dealkylation sites (N-methyl/N-ethyl adjacent to an activating group) is 1. The van der Waals surface area contributed by atoms with E-state index in [0.717, 1.165) is 13.0 Å². The van der Waals surface area contributed by atoms with Crippen molar-refractivity contribution in [2.75, 3.05) is 29.5 Å². The minimum absolute atomic E-state index is 0.0321. The number of hydrogen-bond acceptors (Lipinski definition) is 4. The first-order valence-electron chi connectivity index (χ1n) is 7.99. The second-order valence-electron chi connectivity index (χ2n) is 6.04. The second-order valence-corrected chi connectivity index (χ2v) is 8.26. The van der Waals surface area contributed by atoms with Crippen LogP contribution >= 0.6 is 0 Å². The maximum absolute atomic E-state index is 14.0. The van der Waals surface area contributed by atoms with Crippen molar-refractivity contribution in [1.29, 1.82) is 0 Å². The van der Waals surface area contributed by atoms with Gasteiger partial charge in [0.25, 0.3) is 0 Å². The van der Waals surface area contributed by atoms with Gasteiger partial charge in [-0.15, -0.1) is 0 Å². The van der Waals surface area contributed by atoms with Crippen LogP contribution in [0.2, 0.25) is 0 Å². The summed E-state index contributed by atoms with van der Waals surface area (Å²) in [5.41, 5.74) is -0.556. The number of carbonyl (C=O) groups excluding carboxylic acids is 2. The molecule has 0 bridgehead atoms. The first-order valence-corrected chi connectivity index (χ1v) is 9.81. The monoisotopic (exact) mass is 392 g/mol. The number of amides is 2. The molecule has 1 fully saturated rings. The second kappa shape index (κ2) is 7.65. The molecular weight excluding hydrogens is 373 g/mol. The average Bonchev–Trinajstić information content (AvgIpc) is 2.91. The normalized spacial score (nSPS) is 18.6. The van der Waals surface area contributed by atoms with Crippen LogP contribution in [-0.4, -0.2) is 55.8 Å². The molecule has 1 aromatic rings. The van der Waals surface area contributed by atoms with Gasteiger partial charge >= 0.3 is 0 Å². The van der Waals surface area contributed by atoms with Crippen LogP contribution in [0.25, 0.3) is 0 Å². The molecule has 144 valence electrons. The summed E-state index contributed by atoms with van der Waals surface area (Å²) in [6.07, 6.45) is 0.279. The smallest absolute Gasteiger partial charge is 0.242 e. The molecule has 0 N–H and O–H groups in total. The van der Waals surface area contributed by atoms with Crippen LogP contribution in [0.5, 0.6) is 0 Å². The molecule has 0 aromatic heterocycles. The minimum Gasteiger partial charge on any atom is -0.337 e. The fourth-order valence-corrected chi connectivity index (χ4v) is 4.71. The van der Waals surface area contributed by atoms with Gasteiger partial charge < -0.3 is 9.80 Å². The van der Waals surface area contributed by atoms with Crippen molar-refractivity contribution in [3.05, 3.63) is 29.6 Å². The highest BCUT2D eigenvalue weighted by Crippen LogP contribution is 2.25. The molecule has 2 rings (SSSR count). The van der Waals surface area contributed by atoms with Crippen molar-refractivity contribution in [2.24, 2.45) is 0 Å². The summed E-state index contributed by atoms with van der Waals surface area (Å²) < 4.78 is 63.8. The molecule has 1 saturated heterocycles. The molecule has 26 heavy (non-hydrogen) atoms. The Labute approximate surface area is 149 Å². The number of hydrogen-bond donors (Lipinski definition) is 0. The largest absolute Gasteiger partial charge is 0.337 e. The lowest BCUT2D eigenvalue weighted by Crippen LogP contribution is -2.47. The van der Waals surface area contributed by atoms with Gasteiger partial charge in [0.2, 0.25) is 11.8 Å². The third-order valence-electron chi connectivity index (χ3n) is 4.29. The number of halogens is 3. The Morgan fingerprint density at radius 1 is 1.19 bits per heavy atom. The third-order valence-corrected chi connectivity index (χ3v) is 6.04. The van der Waals surface area contributed by atoms with Gasteiger partial charge in [-0.2, -0.15) is 0 Å². The fraction of sp³-hybridized carbons (Fsp3) is 0.500. The van der Waals surface area contributed by atoms with E-state index in [1.54, 1.807) is 6.92 Å². The van der Waals surface area contributed by atoms with Crippen LogP contribution in [0.1, 0.15) is 20.3 Å². The van der Waals surface area contributed by atoms with Gasteiger partial charge in [-0.1, -0.05) is 0 Å². The molecule has 1 heterocycles. The van der Waals surface area contributed by atoms with E-state index in [0.29, 0.717) is 11.0 Å². The number of nitrogens with zero attached hydrogens (tertiary/aromatic N) is 2. The summed E-state index contributed by atoms with van der Waals surface area (Å²) in [5, 5.41) is 0. The van der Waals surface area contributed by atoms with Crippen LogP contribution in [-0.2, 0) is 19.4 Å². The predicted octanol–water partition coefficient (Wildman–Crippen LogP) is 1.49. The van der Waals surface area contributed by atoms with E-state index in [4.69, 9.17) is 0 Å². The van der Waals surface area contributed by atoms with Crippen molar-refractivity contribution in [3.63, 3.8) is 0 Å². The lowest BCUT2D eigenvalue weighted by atomic mass is 10.2. The summed E-state index contributed by atoms with van der Waals surface area (Å²) in [6, 6.07) is 1.01. The summed E-state index contributed by atoms with van der Waals surface area (Å²) in [4.78, 5) is 26.4. The Morgan fingerprint density at radius 3 is 2.35 bits per heavy atom. The molecule has 1 aromatic carbocycles. The number of anilines is 1. The van der Waals surface area contributed by atoms with Gasteiger partial charge in [-0.3, -0.25) is 9.59 Å². The van der Waals surface area contributed by atoms with Crippen molar-refractivity contribution < 1.29 is 31.2 Å². The van der Waals surface area contributed by atoms with E-state index in [1.165, 1.54) is 4.90 Å². The molecule has 0 saturated carbocycles. The zero-order valence-corrected chi connectivity index (χ0v) is 15.2. The molecule has 1 atom stereocenters. The van der Waals surface area contributed by atoms with E-state index in [2.05, 4.69) is 0 Å². The zero-order valence-electron chi connectivity index (χ0n) is 14.3. The van der Waals surface area contributed by atoms with Crippen LogP contribution in [0.4, 0.5) is 18.9 Å². The average molecular weight is 392 g/mol. The molecule has 2 amide bonds. The van der Waals surface area contributed by atoms with Crippen molar-refractivity contribution in [1.82, 2.24) is 4.90 Å². The molecular formula is C16H19F3N2O4S. The molecule has 10 heteroatoms. The quantitative estimate of drug-likeness (QED) is 0.712. The van der Waals surface area contributed by atoms with Crippen LogP contribution < -0.4 is 4.90 Å². The molecule has 0 aliphatic carbocycles. The van der Waals surface area contributed by atoms with Gasteiger partial charge in [-0.05, 0) is 25.5 Å². The highest BCUT2D eigenvalue weighted by molar-refractivity contribution is 7.91. The first-order chi connectivity index (χ1) is 12.1. The van der Waals surface area contributed by atoms with Crippen molar-refractivity contribution in [2.45, 2.75) is 26.3 Å². The Hall–Kier alpha value is -2.10. The van der Waals surface area contributed by atoms with Gasteiger partial charge in [0.1, 0.15) is 6.54 Å². The van der Waals surface area contributed by atoms with Crippen LogP contribution in [0, 0.1) is 17.5 Å². The summed E-state index contributed by atoms with van der Waals surface area (Å²) >= 11 is 0. The predicted molar refractivity (Wildman–Crippen MR) is 88.8 cm³/mol. The number of carbonyl (C=O) groups is 2. The van der Waals surface area contributed by atoms with Gasteiger partial charge in [0.15, 0.2) is 27.3 Å². The minimum atomic E-state index is -3.22. The molecule has 0 radical (unpaired) electrons. The van der Waals surface area contributed by atoms with E-state index in [-0.39, 0.29) is 24.5 Å². The molecule has 6 nitrogen and oxygen atoms in total. The van der Waals surface area contributed by atoms with Crippen molar-refractivity contribution >= 4 is 27.3 Å². The lowest BCUT2D eigenvalue weighted by molar-refractivity contribution is -0.132. The molecule has 1 aliphatic heterocycles. The van der Waals surface area contributed by atoms with Crippen molar-refractivity contribution in [3.8, 4) is 0 Å². The summed E-state index contributed by atoms with van der Waals surface area (Å²) in [5.74, 6) is -6.27. The highest BCUT2D eigenvalue weighted by atomic mass is 32.2. The maximum Gasteiger partial charge on any atom is 0.242 e. The highest BCUT2D eigenvalue weighted by Gasteiger charge is 2.35. The topological polar surface area (TPSA) is 74.8 Å². The first kappa shape index (κ1) is 20.2. The Kier molecular flexibility index (Phi) is 5.94. The lowest BCUT2D eigenvalue weighted by Gasteiger charge is -2.30. The number of benzene rings is 1. The van der Waals surface area contributed by atoms with Gasteiger partial charge in [0.05, 0.1) is 17.2 Å². The van der Waals surface area contributed by atoms with E-state index in [1.807, 2.05) is 0 Å². The summed E-state index contributed by atoms with van der Waals surface area (Å²) in [6.45, 7) is 2.30. The molecule has 0 spiro atoms. The maximum atomic E-state index is 14.0. The standard InChI is InChI=1S/C16H19F3N2O4S/c1-3-20(11-6-7-26(24,25)9-11)14(23)8-21(10(2)22)13-5-4-12(17)15(18)16(13)19/h4-5,11H,3,6-9H2,1-2H3. The van der Waals surface area contributed by atoms with E-state index >= 15 is 0 Å². The van der Waals surface area contributed by atoms with Crippen LogP contribution in [0.15, 0.2) is 12.1 Å². The third kappa shape index (κ3) is 4.17. The van der Waals surface area contributed by atoms with Crippen LogP contribution in [0.3, 0.4) is 0 Å². The Bertz CT molecular complexity index is 829. The Morgan fingerprint density at radius 2 is 1.85 bits per heavy atom.